The second kappa shape index (κ2) is 8.72. The summed E-state index contributed by atoms with van der Waals surface area (Å²) < 4.78 is 5.29. The number of carbonyl (C=O) groups is 2. The van der Waals surface area contributed by atoms with Gasteiger partial charge < -0.3 is 10.1 Å². The maximum Gasteiger partial charge on any atom is 0.408 e. The Bertz CT molecular complexity index is 696. The van der Waals surface area contributed by atoms with Crippen molar-refractivity contribution in [2.75, 3.05) is 0 Å². The van der Waals surface area contributed by atoms with E-state index in [4.69, 9.17) is 4.74 Å². The molecule has 2 rings (SSSR count). The van der Waals surface area contributed by atoms with Crippen LogP contribution in [0.4, 0.5) is 4.79 Å². The molecule has 0 bridgehead atoms. The van der Waals surface area contributed by atoms with E-state index in [9.17, 15) is 9.59 Å². The van der Waals surface area contributed by atoms with Crippen molar-refractivity contribution in [3.8, 4) is 0 Å². The van der Waals surface area contributed by atoms with E-state index < -0.39 is 17.7 Å². The molecule has 1 atom stereocenters. The van der Waals surface area contributed by atoms with Crippen molar-refractivity contribution in [1.82, 2.24) is 5.32 Å². The number of carbonyl (C=O) groups excluding carboxylic acids is 2. The Hall–Kier alpha value is -2.27. The Kier molecular flexibility index (Phi) is 6.65. The van der Waals surface area contributed by atoms with Gasteiger partial charge in [0.2, 0.25) is 5.12 Å². The number of nitrogens with one attached hydrogen (secondary N) is 1. The van der Waals surface area contributed by atoms with Crippen LogP contribution in [0.2, 0.25) is 0 Å². The summed E-state index contributed by atoms with van der Waals surface area (Å²) in [6.45, 7) is 5.37. The van der Waals surface area contributed by atoms with Gasteiger partial charge in [0, 0.05) is 11.3 Å². The fraction of sp³-hybridized carbons (Fsp3) is 0.300. The topological polar surface area (TPSA) is 55.4 Å². The lowest BCUT2D eigenvalue weighted by Gasteiger charge is -2.23. The van der Waals surface area contributed by atoms with Gasteiger partial charge in [-0.05, 0) is 50.2 Å². The van der Waals surface area contributed by atoms with Crippen molar-refractivity contribution in [3.05, 3.63) is 66.2 Å². The molecule has 4 nitrogen and oxygen atoms in total. The molecule has 2 aromatic rings. The average molecular weight is 357 g/mol. The molecule has 1 unspecified atom stereocenters. The standard InChI is InChI=1S/C20H23NO3S/c1-20(2,3)24-19(23)21-17(14-15-10-6-4-7-11-15)18(22)25-16-12-8-5-9-13-16/h4-13,17H,14H2,1-3H3,(H,21,23). The maximum absolute atomic E-state index is 12.7. The first-order valence-corrected chi connectivity index (χ1v) is 8.95. The van der Waals surface area contributed by atoms with Crippen LogP contribution in [0.5, 0.6) is 0 Å². The molecule has 0 aromatic heterocycles. The van der Waals surface area contributed by atoms with Gasteiger partial charge in [-0.15, -0.1) is 0 Å². The number of amides is 1. The van der Waals surface area contributed by atoms with Crippen molar-refractivity contribution in [2.45, 2.75) is 43.7 Å². The molecule has 1 N–H and O–H groups in total. The van der Waals surface area contributed by atoms with Crippen LogP contribution >= 0.6 is 11.8 Å². The van der Waals surface area contributed by atoms with E-state index in [1.165, 1.54) is 0 Å². The van der Waals surface area contributed by atoms with Gasteiger partial charge in [0.1, 0.15) is 11.6 Å². The minimum atomic E-state index is -0.664. The van der Waals surface area contributed by atoms with Crippen LogP contribution in [0.15, 0.2) is 65.6 Å². The molecule has 0 fully saturated rings. The van der Waals surface area contributed by atoms with Gasteiger partial charge in [-0.3, -0.25) is 4.79 Å². The molecule has 25 heavy (non-hydrogen) atoms. The number of alkyl carbamates (subject to hydrolysis) is 1. The third kappa shape index (κ3) is 7.01. The highest BCUT2D eigenvalue weighted by Crippen LogP contribution is 2.21. The highest BCUT2D eigenvalue weighted by Gasteiger charge is 2.25. The van der Waals surface area contributed by atoms with Crippen molar-refractivity contribution in [1.29, 1.82) is 0 Å². The number of benzene rings is 2. The minimum absolute atomic E-state index is 0.124. The molecule has 0 aliphatic heterocycles. The van der Waals surface area contributed by atoms with Gasteiger partial charge in [-0.2, -0.15) is 0 Å². The SMILES string of the molecule is CC(C)(C)OC(=O)NC(Cc1ccccc1)C(=O)Sc1ccccc1. The van der Waals surface area contributed by atoms with Crippen molar-refractivity contribution < 1.29 is 14.3 Å². The summed E-state index contributed by atoms with van der Waals surface area (Å²) in [7, 11) is 0. The Morgan fingerprint density at radius 2 is 1.56 bits per heavy atom. The minimum Gasteiger partial charge on any atom is -0.444 e. The van der Waals surface area contributed by atoms with Crippen LogP contribution in [0.25, 0.3) is 0 Å². The predicted octanol–water partition coefficient (Wildman–Crippen LogP) is 4.44. The van der Waals surface area contributed by atoms with Crippen molar-refractivity contribution in [3.63, 3.8) is 0 Å². The van der Waals surface area contributed by atoms with E-state index in [1.54, 1.807) is 20.8 Å². The number of rotatable bonds is 5. The van der Waals surface area contributed by atoms with Gasteiger partial charge in [0.15, 0.2) is 0 Å². The molecule has 132 valence electrons. The lowest BCUT2D eigenvalue weighted by Crippen LogP contribution is -2.43. The zero-order valence-corrected chi connectivity index (χ0v) is 15.5. The maximum atomic E-state index is 12.7. The second-order valence-corrected chi connectivity index (χ2v) is 7.70. The Labute approximate surface area is 153 Å². The first-order valence-electron chi connectivity index (χ1n) is 8.14. The quantitative estimate of drug-likeness (QED) is 0.804. The van der Waals surface area contributed by atoms with E-state index in [1.807, 2.05) is 60.7 Å². The summed E-state index contributed by atoms with van der Waals surface area (Å²) >= 11 is 1.12. The molecule has 0 radical (unpaired) electrons. The molecule has 5 heteroatoms. The summed E-state index contributed by atoms with van der Waals surface area (Å²) in [5.41, 5.74) is 0.363. The smallest absolute Gasteiger partial charge is 0.408 e. The van der Waals surface area contributed by atoms with Gasteiger partial charge in [0.05, 0.1) is 0 Å². The predicted molar refractivity (Wildman–Crippen MR) is 101 cm³/mol. The number of hydrogen-bond acceptors (Lipinski definition) is 4. The van der Waals surface area contributed by atoms with Crippen molar-refractivity contribution >= 4 is 23.0 Å². The molecular formula is C20H23NO3S. The van der Waals surface area contributed by atoms with Crippen LogP contribution in [0.3, 0.4) is 0 Å². The molecular weight excluding hydrogens is 334 g/mol. The summed E-state index contributed by atoms with van der Waals surface area (Å²) in [5, 5.41) is 2.59. The molecule has 0 spiro atoms. The van der Waals surface area contributed by atoms with Gasteiger partial charge in [0.25, 0.3) is 0 Å². The zero-order valence-electron chi connectivity index (χ0n) is 14.7. The third-order valence-corrected chi connectivity index (χ3v) is 4.21. The molecule has 0 aliphatic rings. The summed E-state index contributed by atoms with van der Waals surface area (Å²) in [5.74, 6) is 0. The van der Waals surface area contributed by atoms with Gasteiger partial charge >= 0.3 is 6.09 Å². The van der Waals surface area contributed by atoms with E-state index in [2.05, 4.69) is 5.32 Å². The Morgan fingerprint density at radius 1 is 1.00 bits per heavy atom. The first-order chi connectivity index (χ1) is 11.8. The highest BCUT2D eigenvalue weighted by atomic mass is 32.2. The molecule has 0 saturated carbocycles. The second-order valence-electron chi connectivity index (χ2n) is 6.62. The largest absolute Gasteiger partial charge is 0.444 e. The van der Waals surface area contributed by atoms with E-state index in [-0.39, 0.29) is 5.12 Å². The zero-order chi connectivity index (χ0) is 18.3. The van der Waals surface area contributed by atoms with Gasteiger partial charge in [-0.25, -0.2) is 4.79 Å². The molecule has 0 saturated heterocycles. The van der Waals surface area contributed by atoms with E-state index in [0.717, 1.165) is 22.2 Å². The summed E-state index contributed by atoms with van der Waals surface area (Å²) in [6.07, 6.45) is -0.172. The van der Waals surface area contributed by atoms with E-state index in [0.29, 0.717) is 6.42 Å². The first kappa shape index (κ1) is 19.1. The van der Waals surface area contributed by atoms with Crippen molar-refractivity contribution in [2.24, 2.45) is 0 Å². The molecule has 2 aromatic carbocycles. The molecule has 0 heterocycles. The van der Waals surface area contributed by atoms with Crippen LogP contribution in [-0.4, -0.2) is 22.9 Å². The highest BCUT2D eigenvalue weighted by molar-refractivity contribution is 8.13. The fourth-order valence-electron chi connectivity index (χ4n) is 2.17. The number of ether oxygens (including phenoxy) is 1. The van der Waals surface area contributed by atoms with Crippen LogP contribution in [0, 0.1) is 0 Å². The summed E-state index contributed by atoms with van der Waals surface area (Å²) in [4.78, 5) is 25.7. The molecule has 0 aliphatic carbocycles. The lowest BCUT2D eigenvalue weighted by molar-refractivity contribution is -0.112. The Morgan fingerprint density at radius 3 is 2.12 bits per heavy atom. The monoisotopic (exact) mass is 357 g/mol. The average Bonchev–Trinajstić information content (AvgIpc) is 2.54. The van der Waals surface area contributed by atoms with Crippen LogP contribution < -0.4 is 5.32 Å². The normalized spacial score (nSPS) is 12.3. The van der Waals surface area contributed by atoms with Crippen LogP contribution in [-0.2, 0) is 16.0 Å². The Balaban J connectivity index is 2.10. The van der Waals surface area contributed by atoms with Gasteiger partial charge in [-0.1, -0.05) is 48.5 Å². The number of thioether (sulfide) groups is 1. The number of hydrogen-bond donors (Lipinski definition) is 1. The van der Waals surface area contributed by atoms with E-state index >= 15 is 0 Å². The third-order valence-electron chi connectivity index (χ3n) is 3.22. The lowest BCUT2D eigenvalue weighted by atomic mass is 10.1. The fourth-order valence-corrected chi connectivity index (χ4v) is 2.98. The summed E-state index contributed by atoms with van der Waals surface area (Å²) in [6, 6.07) is 18.3. The molecule has 1 amide bonds. The van der Waals surface area contributed by atoms with Crippen LogP contribution in [0.1, 0.15) is 26.3 Å².